The molecule has 20 heavy (non-hydrogen) atoms. The van der Waals surface area contributed by atoms with Crippen molar-refractivity contribution in [3.63, 3.8) is 0 Å². The lowest BCUT2D eigenvalue weighted by Crippen LogP contribution is -2.08. The van der Waals surface area contributed by atoms with Crippen molar-refractivity contribution >= 4 is 28.8 Å². The lowest BCUT2D eigenvalue weighted by molar-refractivity contribution is -0.137. The molecule has 7 heteroatoms. The SMILES string of the molecule is Cc1cc(CNc2cc(C(F)(F)F)cc(Cl)n2)sc1C. The molecule has 0 aliphatic heterocycles. The van der Waals surface area contributed by atoms with Crippen LogP contribution in [0.3, 0.4) is 0 Å². The number of thiophene rings is 1. The summed E-state index contributed by atoms with van der Waals surface area (Å²) in [5.74, 6) is 0.119. The highest BCUT2D eigenvalue weighted by molar-refractivity contribution is 7.12. The van der Waals surface area contributed by atoms with E-state index < -0.39 is 11.7 Å². The van der Waals surface area contributed by atoms with Crippen LogP contribution in [0.5, 0.6) is 0 Å². The summed E-state index contributed by atoms with van der Waals surface area (Å²) in [7, 11) is 0. The van der Waals surface area contributed by atoms with Crippen molar-refractivity contribution in [2.45, 2.75) is 26.6 Å². The molecule has 0 aliphatic rings. The van der Waals surface area contributed by atoms with Gasteiger partial charge in [0.15, 0.2) is 0 Å². The second kappa shape index (κ2) is 5.61. The molecule has 2 nitrogen and oxygen atoms in total. The number of pyridine rings is 1. The number of nitrogens with one attached hydrogen (secondary N) is 1. The quantitative estimate of drug-likeness (QED) is 0.801. The van der Waals surface area contributed by atoms with Crippen molar-refractivity contribution in [1.29, 1.82) is 0 Å². The number of aromatic nitrogens is 1. The van der Waals surface area contributed by atoms with E-state index >= 15 is 0 Å². The van der Waals surface area contributed by atoms with Gasteiger partial charge >= 0.3 is 6.18 Å². The summed E-state index contributed by atoms with van der Waals surface area (Å²) in [6.45, 7) is 4.42. The van der Waals surface area contributed by atoms with Crippen molar-refractivity contribution in [3.05, 3.63) is 44.2 Å². The monoisotopic (exact) mass is 320 g/mol. The van der Waals surface area contributed by atoms with Gasteiger partial charge in [-0.05, 0) is 37.6 Å². The van der Waals surface area contributed by atoms with E-state index in [9.17, 15) is 13.2 Å². The van der Waals surface area contributed by atoms with Gasteiger partial charge in [0.1, 0.15) is 11.0 Å². The number of alkyl halides is 3. The Labute approximate surface area is 123 Å². The van der Waals surface area contributed by atoms with Gasteiger partial charge in [-0.3, -0.25) is 0 Å². The molecule has 0 radical (unpaired) electrons. The highest BCUT2D eigenvalue weighted by Crippen LogP contribution is 2.32. The minimum atomic E-state index is -4.43. The Balaban J connectivity index is 2.15. The highest BCUT2D eigenvalue weighted by Gasteiger charge is 2.31. The van der Waals surface area contributed by atoms with E-state index in [2.05, 4.69) is 10.3 Å². The second-order valence-corrected chi connectivity index (χ2v) is 6.10. The summed E-state index contributed by atoms with van der Waals surface area (Å²) in [5, 5.41) is 2.69. The van der Waals surface area contributed by atoms with Gasteiger partial charge in [-0.2, -0.15) is 13.2 Å². The molecule has 2 rings (SSSR count). The second-order valence-electron chi connectivity index (χ2n) is 4.37. The predicted octanol–water partition coefficient (Wildman–Crippen LogP) is 5.04. The number of anilines is 1. The zero-order chi connectivity index (χ0) is 14.9. The lowest BCUT2D eigenvalue weighted by atomic mass is 10.2. The normalized spacial score (nSPS) is 11.7. The smallest absolute Gasteiger partial charge is 0.365 e. The van der Waals surface area contributed by atoms with E-state index in [1.807, 2.05) is 19.9 Å². The maximum Gasteiger partial charge on any atom is 0.416 e. The maximum atomic E-state index is 12.7. The van der Waals surface area contributed by atoms with Crippen molar-refractivity contribution in [3.8, 4) is 0 Å². The predicted molar refractivity (Wildman–Crippen MR) is 75.4 cm³/mol. The number of hydrogen-bond acceptors (Lipinski definition) is 3. The Morgan fingerprint density at radius 3 is 2.50 bits per heavy atom. The molecular formula is C13H12ClF3N2S. The molecular weight excluding hydrogens is 309 g/mol. The third kappa shape index (κ3) is 3.64. The number of aryl methyl sites for hydroxylation is 2. The molecule has 0 aliphatic carbocycles. The minimum absolute atomic E-state index is 0.119. The van der Waals surface area contributed by atoms with Gasteiger partial charge in [-0.15, -0.1) is 11.3 Å². The summed E-state index contributed by atoms with van der Waals surface area (Å²) in [5.41, 5.74) is 0.361. The maximum absolute atomic E-state index is 12.7. The summed E-state index contributed by atoms with van der Waals surface area (Å²) >= 11 is 7.22. The Kier molecular flexibility index (Phi) is 4.25. The van der Waals surface area contributed by atoms with E-state index in [0.717, 1.165) is 17.0 Å². The largest absolute Gasteiger partial charge is 0.416 e. The molecule has 0 amide bonds. The summed E-state index contributed by atoms with van der Waals surface area (Å²) in [4.78, 5) is 6.08. The molecule has 0 aromatic carbocycles. The van der Waals surface area contributed by atoms with Gasteiger partial charge in [0.2, 0.25) is 0 Å². The summed E-state index contributed by atoms with van der Waals surface area (Å²) in [6, 6.07) is 3.77. The Morgan fingerprint density at radius 1 is 1.25 bits per heavy atom. The first-order valence-electron chi connectivity index (χ1n) is 5.80. The van der Waals surface area contributed by atoms with Crippen LogP contribution in [0.1, 0.15) is 20.9 Å². The number of halogens is 4. The first-order chi connectivity index (χ1) is 9.25. The van der Waals surface area contributed by atoms with Crippen LogP contribution in [0.2, 0.25) is 5.15 Å². The van der Waals surface area contributed by atoms with Gasteiger partial charge in [0.05, 0.1) is 12.1 Å². The molecule has 108 valence electrons. The fraction of sp³-hybridized carbons (Fsp3) is 0.308. The van der Waals surface area contributed by atoms with Crippen LogP contribution in [0.15, 0.2) is 18.2 Å². The molecule has 2 aromatic rings. The average Bonchev–Trinajstić information content (AvgIpc) is 2.65. The van der Waals surface area contributed by atoms with Crippen LogP contribution in [0.4, 0.5) is 19.0 Å². The molecule has 0 bridgehead atoms. The number of nitrogens with zero attached hydrogens (tertiary/aromatic N) is 1. The van der Waals surface area contributed by atoms with Gasteiger partial charge in [0, 0.05) is 9.75 Å². The van der Waals surface area contributed by atoms with E-state index in [1.165, 1.54) is 10.4 Å². The molecule has 2 heterocycles. The van der Waals surface area contributed by atoms with Crippen LogP contribution in [-0.2, 0) is 12.7 Å². The molecule has 0 saturated heterocycles. The van der Waals surface area contributed by atoms with Crippen LogP contribution < -0.4 is 5.32 Å². The standard InChI is InChI=1S/C13H12ClF3N2S/c1-7-3-10(20-8(7)2)6-18-12-5-9(13(15,16)17)4-11(14)19-12/h3-5H,6H2,1-2H3,(H,18,19). The molecule has 2 aromatic heterocycles. The Morgan fingerprint density at radius 2 is 1.95 bits per heavy atom. The van der Waals surface area contributed by atoms with Crippen molar-refractivity contribution in [1.82, 2.24) is 4.98 Å². The Hall–Kier alpha value is -1.27. The molecule has 0 atom stereocenters. The van der Waals surface area contributed by atoms with Crippen molar-refractivity contribution in [2.75, 3.05) is 5.32 Å². The van der Waals surface area contributed by atoms with Crippen LogP contribution in [0.25, 0.3) is 0 Å². The third-order valence-corrected chi connectivity index (χ3v) is 4.13. The first kappa shape index (κ1) is 15.1. The van der Waals surface area contributed by atoms with Gasteiger partial charge in [-0.1, -0.05) is 11.6 Å². The van der Waals surface area contributed by atoms with Crippen LogP contribution >= 0.6 is 22.9 Å². The van der Waals surface area contributed by atoms with E-state index in [4.69, 9.17) is 11.6 Å². The molecule has 0 fully saturated rings. The summed E-state index contributed by atoms with van der Waals surface area (Å²) in [6.07, 6.45) is -4.43. The van der Waals surface area contributed by atoms with Crippen molar-refractivity contribution in [2.24, 2.45) is 0 Å². The highest BCUT2D eigenvalue weighted by atomic mass is 35.5. The van der Waals surface area contributed by atoms with Gasteiger partial charge in [0.25, 0.3) is 0 Å². The molecule has 0 spiro atoms. The van der Waals surface area contributed by atoms with Crippen LogP contribution in [-0.4, -0.2) is 4.98 Å². The minimum Gasteiger partial charge on any atom is -0.365 e. The molecule has 1 N–H and O–H groups in total. The van der Waals surface area contributed by atoms with E-state index in [-0.39, 0.29) is 11.0 Å². The lowest BCUT2D eigenvalue weighted by Gasteiger charge is -2.10. The topological polar surface area (TPSA) is 24.9 Å². The fourth-order valence-electron chi connectivity index (χ4n) is 1.67. The van der Waals surface area contributed by atoms with E-state index in [0.29, 0.717) is 6.54 Å². The molecule has 0 unspecified atom stereocenters. The van der Waals surface area contributed by atoms with E-state index in [1.54, 1.807) is 11.3 Å². The average molecular weight is 321 g/mol. The van der Waals surface area contributed by atoms with Gasteiger partial charge < -0.3 is 5.32 Å². The molecule has 0 saturated carbocycles. The first-order valence-corrected chi connectivity index (χ1v) is 7.00. The number of hydrogen-bond donors (Lipinski definition) is 1. The fourth-order valence-corrected chi connectivity index (χ4v) is 2.87. The van der Waals surface area contributed by atoms with Gasteiger partial charge in [-0.25, -0.2) is 4.98 Å². The zero-order valence-corrected chi connectivity index (χ0v) is 12.4. The summed E-state index contributed by atoms with van der Waals surface area (Å²) < 4.78 is 38.0. The Bertz CT molecular complexity index is 603. The van der Waals surface area contributed by atoms with Crippen LogP contribution in [0, 0.1) is 13.8 Å². The van der Waals surface area contributed by atoms with Crippen molar-refractivity contribution < 1.29 is 13.2 Å². The zero-order valence-electron chi connectivity index (χ0n) is 10.8. The number of rotatable bonds is 3. The third-order valence-electron chi connectivity index (χ3n) is 2.78.